The molecule has 0 heterocycles. The summed E-state index contributed by atoms with van der Waals surface area (Å²) < 4.78 is 5.47. The van der Waals surface area contributed by atoms with Crippen molar-refractivity contribution in [1.82, 2.24) is 0 Å². The number of ether oxygens (including phenoxy) is 1. The maximum atomic E-state index is 11.7. The predicted molar refractivity (Wildman–Crippen MR) is 82.2 cm³/mol. The first-order valence-electron chi connectivity index (χ1n) is 8.31. The van der Waals surface area contributed by atoms with E-state index in [1.165, 1.54) is 38.5 Å². The number of hydrogen-bond acceptors (Lipinski definition) is 2. The van der Waals surface area contributed by atoms with Gasteiger partial charge < -0.3 is 4.74 Å². The minimum atomic E-state index is 0.000838. The molecular weight excluding hydrogens is 236 g/mol. The molecular formula is C17H34O2. The molecule has 0 radical (unpaired) electrons. The molecule has 0 aromatic carbocycles. The molecule has 0 saturated carbocycles. The summed E-state index contributed by atoms with van der Waals surface area (Å²) in [6.45, 7) is 9.53. The van der Waals surface area contributed by atoms with E-state index < -0.39 is 0 Å². The second-order valence-electron chi connectivity index (χ2n) is 5.81. The Morgan fingerprint density at radius 3 is 2.21 bits per heavy atom. The van der Waals surface area contributed by atoms with Crippen LogP contribution in [0.25, 0.3) is 0 Å². The van der Waals surface area contributed by atoms with Crippen molar-refractivity contribution >= 4 is 5.97 Å². The third kappa shape index (κ3) is 9.98. The van der Waals surface area contributed by atoms with E-state index in [-0.39, 0.29) is 5.97 Å². The van der Waals surface area contributed by atoms with Crippen molar-refractivity contribution in [1.29, 1.82) is 0 Å². The van der Waals surface area contributed by atoms with E-state index >= 15 is 0 Å². The molecule has 114 valence electrons. The molecule has 0 N–H and O–H groups in total. The summed E-state index contributed by atoms with van der Waals surface area (Å²) in [6.07, 6.45) is 9.95. The lowest BCUT2D eigenvalue weighted by Gasteiger charge is -2.23. The Bertz CT molecular complexity index is 213. The van der Waals surface area contributed by atoms with Crippen LogP contribution in [0.1, 0.15) is 85.5 Å². The van der Waals surface area contributed by atoms with Crippen LogP contribution in [0.5, 0.6) is 0 Å². The lowest BCUT2D eigenvalue weighted by atomic mass is 9.87. The van der Waals surface area contributed by atoms with E-state index in [0.717, 1.165) is 12.8 Å². The molecule has 0 amide bonds. The highest BCUT2D eigenvalue weighted by atomic mass is 16.5. The summed E-state index contributed by atoms with van der Waals surface area (Å²) in [6, 6.07) is 0. The van der Waals surface area contributed by atoms with E-state index in [2.05, 4.69) is 27.7 Å². The molecule has 2 atom stereocenters. The SMILES string of the molecule is CCCCCCC(=O)OCC(CCC)C(C)CCC. The van der Waals surface area contributed by atoms with Gasteiger partial charge in [-0.1, -0.05) is 66.2 Å². The quantitative estimate of drug-likeness (QED) is 0.353. The molecule has 0 bridgehead atoms. The summed E-state index contributed by atoms with van der Waals surface area (Å²) in [5.41, 5.74) is 0. The number of carbonyl (C=O) groups is 1. The molecule has 0 spiro atoms. The Morgan fingerprint density at radius 2 is 1.63 bits per heavy atom. The Morgan fingerprint density at radius 1 is 0.947 bits per heavy atom. The van der Waals surface area contributed by atoms with Gasteiger partial charge in [0.2, 0.25) is 0 Å². The largest absolute Gasteiger partial charge is 0.465 e. The first kappa shape index (κ1) is 18.5. The molecule has 0 aliphatic carbocycles. The monoisotopic (exact) mass is 270 g/mol. The first-order chi connectivity index (χ1) is 9.15. The standard InChI is InChI=1S/C17H34O2/c1-5-8-9-10-13-17(18)19-14-16(12-7-3)15(4)11-6-2/h15-16H,5-14H2,1-4H3. The molecule has 2 nitrogen and oxygen atoms in total. The molecule has 0 aromatic rings. The molecule has 0 aliphatic heterocycles. The third-order valence-electron chi connectivity index (χ3n) is 3.90. The number of unbranched alkanes of at least 4 members (excludes halogenated alkanes) is 3. The molecule has 2 unspecified atom stereocenters. The van der Waals surface area contributed by atoms with E-state index in [0.29, 0.717) is 24.9 Å². The fourth-order valence-corrected chi connectivity index (χ4v) is 2.56. The molecule has 0 fully saturated rings. The van der Waals surface area contributed by atoms with Crippen LogP contribution in [-0.4, -0.2) is 12.6 Å². The van der Waals surface area contributed by atoms with Gasteiger partial charge in [0.15, 0.2) is 0 Å². The number of carbonyl (C=O) groups excluding carboxylic acids is 1. The Labute approximate surface area is 120 Å². The van der Waals surface area contributed by atoms with Gasteiger partial charge >= 0.3 is 5.97 Å². The summed E-state index contributed by atoms with van der Waals surface area (Å²) >= 11 is 0. The summed E-state index contributed by atoms with van der Waals surface area (Å²) in [4.78, 5) is 11.7. The normalized spacial score (nSPS) is 14.1. The van der Waals surface area contributed by atoms with Crippen molar-refractivity contribution in [3.8, 4) is 0 Å². The van der Waals surface area contributed by atoms with Gasteiger partial charge in [-0.05, 0) is 24.7 Å². The van der Waals surface area contributed by atoms with E-state index in [9.17, 15) is 4.79 Å². The van der Waals surface area contributed by atoms with Crippen LogP contribution < -0.4 is 0 Å². The average Bonchev–Trinajstić information content (AvgIpc) is 2.39. The first-order valence-corrected chi connectivity index (χ1v) is 8.31. The van der Waals surface area contributed by atoms with Gasteiger partial charge in [-0.2, -0.15) is 0 Å². The molecule has 0 saturated heterocycles. The molecule has 0 aliphatic rings. The molecule has 2 heteroatoms. The minimum Gasteiger partial charge on any atom is -0.465 e. The highest BCUT2D eigenvalue weighted by Gasteiger charge is 2.17. The van der Waals surface area contributed by atoms with Crippen molar-refractivity contribution < 1.29 is 9.53 Å². The lowest BCUT2D eigenvalue weighted by Crippen LogP contribution is -2.20. The number of esters is 1. The number of hydrogen-bond donors (Lipinski definition) is 0. The smallest absolute Gasteiger partial charge is 0.305 e. The van der Waals surface area contributed by atoms with Gasteiger partial charge in [-0.25, -0.2) is 0 Å². The van der Waals surface area contributed by atoms with Crippen LogP contribution in [0.15, 0.2) is 0 Å². The van der Waals surface area contributed by atoms with Crippen LogP contribution >= 0.6 is 0 Å². The summed E-state index contributed by atoms with van der Waals surface area (Å²) in [5, 5.41) is 0. The van der Waals surface area contributed by atoms with Gasteiger partial charge in [0, 0.05) is 6.42 Å². The van der Waals surface area contributed by atoms with Crippen LogP contribution in [0.2, 0.25) is 0 Å². The fraction of sp³-hybridized carbons (Fsp3) is 0.941. The minimum absolute atomic E-state index is 0.000838. The van der Waals surface area contributed by atoms with Gasteiger partial charge in [0.25, 0.3) is 0 Å². The van der Waals surface area contributed by atoms with Crippen molar-refractivity contribution in [3.05, 3.63) is 0 Å². The fourth-order valence-electron chi connectivity index (χ4n) is 2.56. The maximum Gasteiger partial charge on any atom is 0.305 e. The zero-order chi connectivity index (χ0) is 14.5. The molecule has 0 aromatic heterocycles. The highest BCUT2D eigenvalue weighted by molar-refractivity contribution is 5.69. The van der Waals surface area contributed by atoms with Crippen molar-refractivity contribution in [2.45, 2.75) is 85.5 Å². The summed E-state index contributed by atoms with van der Waals surface area (Å²) in [5.74, 6) is 1.21. The van der Waals surface area contributed by atoms with Crippen molar-refractivity contribution in [2.75, 3.05) is 6.61 Å². The summed E-state index contributed by atoms with van der Waals surface area (Å²) in [7, 11) is 0. The van der Waals surface area contributed by atoms with E-state index in [4.69, 9.17) is 4.74 Å². The maximum absolute atomic E-state index is 11.7. The highest BCUT2D eigenvalue weighted by Crippen LogP contribution is 2.22. The Kier molecular flexibility index (Phi) is 12.2. The molecule has 0 rings (SSSR count). The Hall–Kier alpha value is -0.530. The van der Waals surface area contributed by atoms with Crippen LogP contribution in [0, 0.1) is 11.8 Å². The van der Waals surface area contributed by atoms with Crippen LogP contribution in [-0.2, 0) is 9.53 Å². The van der Waals surface area contributed by atoms with Crippen molar-refractivity contribution in [3.63, 3.8) is 0 Å². The van der Waals surface area contributed by atoms with Crippen molar-refractivity contribution in [2.24, 2.45) is 11.8 Å². The number of rotatable bonds is 12. The van der Waals surface area contributed by atoms with E-state index in [1.54, 1.807) is 0 Å². The lowest BCUT2D eigenvalue weighted by molar-refractivity contribution is -0.145. The zero-order valence-electron chi connectivity index (χ0n) is 13.5. The van der Waals surface area contributed by atoms with Crippen LogP contribution in [0.3, 0.4) is 0 Å². The van der Waals surface area contributed by atoms with Gasteiger partial charge in [0.05, 0.1) is 6.61 Å². The van der Waals surface area contributed by atoms with Gasteiger partial charge in [-0.15, -0.1) is 0 Å². The zero-order valence-corrected chi connectivity index (χ0v) is 13.5. The predicted octanol–water partition coefficient (Wildman–Crippen LogP) is 5.35. The third-order valence-corrected chi connectivity index (χ3v) is 3.90. The van der Waals surface area contributed by atoms with Gasteiger partial charge in [-0.3, -0.25) is 4.79 Å². The average molecular weight is 270 g/mol. The molecule has 19 heavy (non-hydrogen) atoms. The second kappa shape index (κ2) is 12.5. The van der Waals surface area contributed by atoms with E-state index in [1.807, 2.05) is 0 Å². The Balaban J connectivity index is 3.86. The second-order valence-corrected chi connectivity index (χ2v) is 5.81. The van der Waals surface area contributed by atoms with Crippen LogP contribution in [0.4, 0.5) is 0 Å². The van der Waals surface area contributed by atoms with Gasteiger partial charge in [0.1, 0.15) is 0 Å². The topological polar surface area (TPSA) is 26.3 Å².